The highest BCUT2D eigenvalue weighted by atomic mass is 16.7. The highest BCUT2D eigenvalue weighted by molar-refractivity contribution is 5.97. The van der Waals surface area contributed by atoms with Gasteiger partial charge in [-0.15, -0.1) is 0 Å². The smallest absolute Gasteiger partial charge is 0.309 e. The number of fused-ring (bicyclic) bond motifs is 3. The van der Waals surface area contributed by atoms with Gasteiger partial charge in [-0.25, -0.2) is 0 Å². The van der Waals surface area contributed by atoms with Gasteiger partial charge in [0.1, 0.15) is 11.5 Å². The van der Waals surface area contributed by atoms with Gasteiger partial charge in [0.05, 0.1) is 39.2 Å². The Bertz CT molecular complexity index is 1340. The first kappa shape index (κ1) is 25.7. The lowest BCUT2D eigenvalue weighted by atomic mass is 9.69. The maximum atomic E-state index is 14.8. The molecule has 4 aliphatic rings. The van der Waals surface area contributed by atoms with Crippen molar-refractivity contribution in [3.05, 3.63) is 64.9 Å². The van der Waals surface area contributed by atoms with Crippen molar-refractivity contribution in [2.24, 2.45) is 5.92 Å². The molecule has 9 heteroatoms. The van der Waals surface area contributed by atoms with Crippen LogP contribution in [0, 0.1) is 5.92 Å². The first-order valence-electron chi connectivity index (χ1n) is 13.3. The van der Waals surface area contributed by atoms with E-state index < -0.39 is 35.2 Å². The van der Waals surface area contributed by atoms with Crippen molar-refractivity contribution in [2.45, 2.75) is 42.7 Å². The number of ether oxygens (including phenoxy) is 5. The number of nitrogens with zero attached hydrogens (tertiary/aromatic N) is 1. The van der Waals surface area contributed by atoms with Crippen LogP contribution in [0.5, 0.6) is 17.2 Å². The average Bonchev–Trinajstić information content (AvgIpc) is 3.65. The van der Waals surface area contributed by atoms with Crippen molar-refractivity contribution >= 4 is 11.8 Å². The van der Waals surface area contributed by atoms with Crippen molar-refractivity contribution in [2.75, 3.05) is 41.2 Å². The SMILES string of the molecule is COC(=O)C[C@@](O)(C(=O)[C@@H]1C(OC)=C[C@]23CCCN2CCc2cc4c(cc2[C@H]13)OCO4)c1ccc(OC)cc1. The van der Waals surface area contributed by atoms with E-state index in [1.807, 2.05) is 12.1 Å². The number of aliphatic hydroxyl groups is 1. The average molecular weight is 536 g/mol. The van der Waals surface area contributed by atoms with Crippen LogP contribution in [0.3, 0.4) is 0 Å². The number of benzene rings is 2. The van der Waals surface area contributed by atoms with Crippen LogP contribution in [0.15, 0.2) is 48.2 Å². The third kappa shape index (κ3) is 3.90. The molecule has 9 nitrogen and oxygen atoms in total. The number of esters is 1. The highest BCUT2D eigenvalue weighted by Crippen LogP contribution is 2.58. The lowest BCUT2D eigenvalue weighted by Gasteiger charge is -2.41. The Hall–Kier alpha value is -3.56. The van der Waals surface area contributed by atoms with Crippen LogP contribution < -0.4 is 14.2 Å². The van der Waals surface area contributed by atoms with E-state index >= 15 is 0 Å². The summed E-state index contributed by atoms with van der Waals surface area (Å²) in [5, 5.41) is 12.2. The minimum absolute atomic E-state index is 0.153. The molecule has 0 radical (unpaired) electrons. The molecular weight excluding hydrogens is 502 g/mol. The minimum atomic E-state index is -2.15. The van der Waals surface area contributed by atoms with E-state index in [9.17, 15) is 14.7 Å². The number of rotatable bonds is 7. The van der Waals surface area contributed by atoms with Gasteiger partial charge in [0, 0.05) is 12.5 Å². The minimum Gasteiger partial charge on any atom is -0.501 e. The summed E-state index contributed by atoms with van der Waals surface area (Å²) < 4.78 is 27.5. The first-order valence-corrected chi connectivity index (χ1v) is 13.3. The van der Waals surface area contributed by atoms with E-state index in [-0.39, 0.29) is 18.3 Å². The number of ketones is 1. The predicted molar refractivity (Wildman–Crippen MR) is 140 cm³/mol. The summed E-state index contributed by atoms with van der Waals surface area (Å²) >= 11 is 0. The number of allylic oxidation sites excluding steroid dienone is 1. The second kappa shape index (κ2) is 9.57. The molecule has 4 atom stereocenters. The summed E-state index contributed by atoms with van der Waals surface area (Å²) in [4.78, 5) is 29.8. The van der Waals surface area contributed by atoms with Gasteiger partial charge < -0.3 is 28.8 Å². The van der Waals surface area contributed by atoms with Gasteiger partial charge in [-0.3, -0.25) is 14.5 Å². The Morgan fingerprint density at radius 3 is 2.51 bits per heavy atom. The second-order valence-electron chi connectivity index (χ2n) is 10.6. The van der Waals surface area contributed by atoms with Crippen molar-refractivity contribution in [3.63, 3.8) is 0 Å². The summed E-state index contributed by atoms with van der Waals surface area (Å²) in [5.41, 5.74) is -0.253. The molecule has 2 aromatic rings. The van der Waals surface area contributed by atoms with E-state index in [1.54, 1.807) is 31.4 Å². The van der Waals surface area contributed by atoms with Gasteiger partial charge in [-0.1, -0.05) is 12.1 Å². The molecule has 1 fully saturated rings. The monoisotopic (exact) mass is 535 g/mol. The van der Waals surface area contributed by atoms with Crippen LogP contribution in [0.2, 0.25) is 0 Å². The maximum absolute atomic E-state index is 14.8. The zero-order chi connectivity index (χ0) is 27.4. The zero-order valence-electron chi connectivity index (χ0n) is 22.4. The Labute approximate surface area is 227 Å². The number of hydrogen-bond acceptors (Lipinski definition) is 9. The quantitative estimate of drug-likeness (QED) is 0.536. The van der Waals surface area contributed by atoms with Crippen molar-refractivity contribution < 1.29 is 38.4 Å². The molecule has 1 saturated heterocycles. The van der Waals surface area contributed by atoms with Gasteiger partial charge in [-0.2, -0.15) is 0 Å². The van der Waals surface area contributed by atoms with Crippen LogP contribution in [0.1, 0.15) is 41.9 Å². The lowest BCUT2D eigenvalue weighted by molar-refractivity contribution is -0.157. The molecule has 39 heavy (non-hydrogen) atoms. The largest absolute Gasteiger partial charge is 0.501 e. The van der Waals surface area contributed by atoms with Crippen molar-refractivity contribution in [1.29, 1.82) is 0 Å². The van der Waals surface area contributed by atoms with E-state index in [1.165, 1.54) is 14.2 Å². The fourth-order valence-corrected chi connectivity index (χ4v) is 7.05. The fourth-order valence-electron chi connectivity index (χ4n) is 7.05. The molecular formula is C30H33NO8. The van der Waals surface area contributed by atoms with Crippen molar-refractivity contribution in [3.8, 4) is 17.2 Å². The third-order valence-corrected chi connectivity index (χ3v) is 8.91. The highest BCUT2D eigenvalue weighted by Gasteiger charge is 2.61. The Morgan fingerprint density at radius 2 is 1.82 bits per heavy atom. The Kier molecular flexibility index (Phi) is 6.31. The summed E-state index contributed by atoms with van der Waals surface area (Å²) in [6, 6.07) is 10.6. The molecule has 0 unspecified atom stereocenters. The molecule has 1 spiro atoms. The normalized spacial score (nSPS) is 26.4. The molecule has 0 amide bonds. The van der Waals surface area contributed by atoms with Crippen LogP contribution in [0.25, 0.3) is 0 Å². The number of carbonyl (C=O) groups excluding carboxylic acids is 2. The number of carbonyl (C=O) groups is 2. The van der Waals surface area contributed by atoms with E-state index in [0.29, 0.717) is 23.0 Å². The molecule has 1 N–H and O–H groups in total. The molecule has 2 aromatic carbocycles. The van der Waals surface area contributed by atoms with E-state index in [4.69, 9.17) is 23.7 Å². The summed E-state index contributed by atoms with van der Waals surface area (Å²) in [5.74, 6) is 0.0216. The first-order chi connectivity index (χ1) is 18.8. The molecule has 3 aliphatic heterocycles. The Balaban J connectivity index is 1.52. The van der Waals surface area contributed by atoms with Gasteiger partial charge in [0.15, 0.2) is 22.9 Å². The number of methoxy groups -OCH3 is 3. The van der Waals surface area contributed by atoms with Crippen LogP contribution >= 0.6 is 0 Å². The second-order valence-corrected chi connectivity index (χ2v) is 10.6. The van der Waals surface area contributed by atoms with Crippen LogP contribution in [-0.2, 0) is 31.1 Å². The summed E-state index contributed by atoms with van der Waals surface area (Å²) in [6.45, 7) is 1.87. The molecule has 1 aliphatic carbocycles. The molecule has 0 saturated carbocycles. The molecule has 6 rings (SSSR count). The summed E-state index contributed by atoms with van der Waals surface area (Å²) in [6.07, 6.45) is 4.18. The van der Waals surface area contributed by atoms with Gasteiger partial charge >= 0.3 is 5.97 Å². The van der Waals surface area contributed by atoms with E-state index in [0.717, 1.165) is 43.5 Å². The van der Waals surface area contributed by atoms with Gasteiger partial charge in [-0.05, 0) is 72.8 Å². The molecule has 0 aromatic heterocycles. The van der Waals surface area contributed by atoms with Crippen LogP contribution in [-0.4, -0.2) is 68.5 Å². The maximum Gasteiger partial charge on any atom is 0.309 e. The molecule has 3 heterocycles. The van der Waals surface area contributed by atoms with Gasteiger partial charge in [0.2, 0.25) is 6.79 Å². The predicted octanol–water partition coefficient (Wildman–Crippen LogP) is 3.08. The standard InChI is InChI=1S/C30H33NO8/c1-35-20-7-5-19(6-8-20)30(34,16-25(32)37-3)28(33)26-24(36-2)15-29-10-4-11-31(29)12-9-18-13-22-23(39-17-38-22)14-21(18)27(26)29/h5-8,13-15,26-27,34H,4,9-12,16-17H2,1-3H3/t26-,27-,29+,30+/m1/s1. The van der Waals surface area contributed by atoms with Crippen LogP contribution in [0.4, 0.5) is 0 Å². The number of Topliss-reactive ketones (excluding diaryl/α,β-unsaturated/α-hetero) is 1. The fraction of sp³-hybridized carbons (Fsp3) is 0.467. The summed E-state index contributed by atoms with van der Waals surface area (Å²) in [7, 11) is 4.34. The molecule has 0 bridgehead atoms. The van der Waals surface area contributed by atoms with Gasteiger partial charge in [0.25, 0.3) is 0 Å². The lowest BCUT2D eigenvalue weighted by Crippen LogP contribution is -2.50. The molecule has 206 valence electrons. The van der Waals surface area contributed by atoms with Crippen molar-refractivity contribution in [1.82, 2.24) is 4.90 Å². The third-order valence-electron chi connectivity index (χ3n) is 8.91. The number of hydrogen-bond donors (Lipinski definition) is 1. The Morgan fingerprint density at radius 1 is 1.08 bits per heavy atom. The zero-order valence-corrected chi connectivity index (χ0v) is 22.4. The van der Waals surface area contributed by atoms with E-state index in [2.05, 4.69) is 11.0 Å². The topological polar surface area (TPSA) is 104 Å².